The molecule has 0 spiro atoms. The lowest BCUT2D eigenvalue weighted by molar-refractivity contribution is -0.132. The molecule has 0 unspecified atom stereocenters. The third-order valence-corrected chi connectivity index (χ3v) is 7.63. The van der Waals surface area contributed by atoms with E-state index in [0.717, 1.165) is 5.56 Å². The minimum absolute atomic E-state index is 0.146. The molecule has 2 aliphatic rings. The number of fused-ring (bicyclic) bond motifs is 3. The van der Waals surface area contributed by atoms with Crippen LogP contribution in [0.5, 0.6) is 0 Å². The Kier molecular flexibility index (Phi) is 7.04. The van der Waals surface area contributed by atoms with E-state index in [9.17, 15) is 19.5 Å². The third-order valence-electron chi connectivity index (χ3n) is 5.45. The normalized spacial score (nSPS) is 23.5. The van der Waals surface area contributed by atoms with E-state index >= 15 is 0 Å². The molecule has 3 rings (SSSR count). The molecular weight excluding hydrogens is 422 g/mol. The topological polar surface area (TPSA) is 98.7 Å². The first-order valence-electron chi connectivity index (χ1n) is 10.0. The molecule has 30 heavy (non-hydrogen) atoms. The molecule has 1 aromatic rings. The van der Waals surface area contributed by atoms with Gasteiger partial charge in [-0.3, -0.25) is 14.4 Å². The highest BCUT2D eigenvalue weighted by Gasteiger charge is 2.57. The number of hydrogen-bond donors (Lipinski definition) is 3. The quantitative estimate of drug-likeness (QED) is 0.557. The third kappa shape index (κ3) is 4.33. The van der Waals surface area contributed by atoms with Gasteiger partial charge >= 0.3 is 0 Å². The summed E-state index contributed by atoms with van der Waals surface area (Å²) < 4.78 is -0.503. The van der Waals surface area contributed by atoms with Gasteiger partial charge in [-0.25, -0.2) is 0 Å². The molecule has 164 valence electrons. The number of benzene rings is 1. The van der Waals surface area contributed by atoms with E-state index in [1.54, 1.807) is 41.4 Å². The molecule has 7 nitrogen and oxygen atoms in total. The molecule has 0 bridgehead atoms. The maximum absolute atomic E-state index is 13.4. The summed E-state index contributed by atoms with van der Waals surface area (Å²) in [6.07, 6.45) is 2.41. The van der Waals surface area contributed by atoms with Gasteiger partial charge in [-0.05, 0) is 50.8 Å². The van der Waals surface area contributed by atoms with Gasteiger partial charge < -0.3 is 20.6 Å². The van der Waals surface area contributed by atoms with Crippen LogP contribution in [0.1, 0.15) is 48.5 Å². The molecule has 3 amide bonds. The largest absolute Gasteiger partial charge is 0.394 e. The summed E-state index contributed by atoms with van der Waals surface area (Å²) in [6.45, 7) is 5.44. The van der Waals surface area contributed by atoms with E-state index in [1.807, 2.05) is 38.3 Å². The number of thioether (sulfide) groups is 2. The summed E-state index contributed by atoms with van der Waals surface area (Å²) in [5.41, 5.74) is 1.57. The Hall–Kier alpha value is -1.71. The van der Waals surface area contributed by atoms with Crippen molar-refractivity contribution in [3.63, 3.8) is 0 Å². The van der Waals surface area contributed by atoms with Crippen LogP contribution in [0, 0.1) is 0 Å². The SMILES string of the molecule is CSCC[C@H](NC(=O)[C@H]1N2C(=O)c3ccccc3[C@H]2SC1(C)C)C(=O)N[C@@H](C)CO. The Morgan fingerprint density at radius 1 is 1.30 bits per heavy atom. The standard InChI is InChI=1S/C21H29N3O4S2/c1-12(11-25)22-17(26)15(9-10-29-4)23-18(27)16-21(2,3)30-20-14-8-6-5-7-13(14)19(28)24(16)20/h5-8,12,15-16,20,25H,9-11H2,1-4H3,(H,22,26)(H,23,27)/t12-,15-,16+,20+/m0/s1. The van der Waals surface area contributed by atoms with Crippen molar-refractivity contribution in [2.45, 2.75) is 55.4 Å². The van der Waals surface area contributed by atoms with Crippen LogP contribution in [0.3, 0.4) is 0 Å². The average Bonchev–Trinajstić information content (AvgIpc) is 3.14. The molecule has 0 radical (unpaired) electrons. The van der Waals surface area contributed by atoms with Crippen LogP contribution < -0.4 is 10.6 Å². The molecule has 1 saturated heterocycles. The second-order valence-corrected chi connectivity index (χ2v) is 10.9. The van der Waals surface area contributed by atoms with Crippen LogP contribution in [0.15, 0.2) is 24.3 Å². The van der Waals surface area contributed by atoms with Gasteiger partial charge in [0, 0.05) is 16.4 Å². The highest BCUT2D eigenvalue weighted by molar-refractivity contribution is 8.01. The summed E-state index contributed by atoms with van der Waals surface area (Å²) in [4.78, 5) is 40.8. The minimum atomic E-state index is -0.723. The molecule has 0 saturated carbocycles. The maximum atomic E-state index is 13.4. The Labute approximate surface area is 185 Å². The zero-order valence-corrected chi connectivity index (χ0v) is 19.3. The van der Waals surface area contributed by atoms with E-state index in [1.165, 1.54) is 0 Å². The number of carbonyl (C=O) groups excluding carboxylic acids is 3. The van der Waals surface area contributed by atoms with Gasteiger partial charge in [-0.15, -0.1) is 11.8 Å². The fourth-order valence-electron chi connectivity index (χ4n) is 3.95. The van der Waals surface area contributed by atoms with E-state index < -0.39 is 22.9 Å². The molecule has 3 N–H and O–H groups in total. The van der Waals surface area contributed by atoms with Gasteiger partial charge in [0.15, 0.2) is 0 Å². The van der Waals surface area contributed by atoms with Crippen molar-refractivity contribution in [3.8, 4) is 0 Å². The van der Waals surface area contributed by atoms with E-state index in [-0.39, 0.29) is 29.7 Å². The van der Waals surface area contributed by atoms with Crippen LogP contribution in [0.4, 0.5) is 0 Å². The van der Waals surface area contributed by atoms with Crippen molar-refractivity contribution >= 4 is 41.2 Å². The molecule has 9 heteroatoms. The van der Waals surface area contributed by atoms with Gasteiger partial charge in [0.2, 0.25) is 11.8 Å². The first-order valence-corrected chi connectivity index (χ1v) is 12.3. The molecule has 0 aliphatic carbocycles. The van der Waals surface area contributed by atoms with Crippen molar-refractivity contribution in [2.24, 2.45) is 0 Å². The minimum Gasteiger partial charge on any atom is -0.394 e. The molecule has 0 aromatic heterocycles. The number of carbonyl (C=O) groups is 3. The Balaban J connectivity index is 1.82. The fourth-order valence-corrected chi connectivity index (χ4v) is 6.01. The number of aliphatic hydroxyl groups is 1. The van der Waals surface area contributed by atoms with Crippen LogP contribution in [-0.4, -0.2) is 69.2 Å². The monoisotopic (exact) mass is 451 g/mol. The lowest BCUT2D eigenvalue weighted by atomic mass is 10.00. The summed E-state index contributed by atoms with van der Waals surface area (Å²) in [5.74, 6) is -0.0947. The smallest absolute Gasteiger partial charge is 0.256 e. The molecule has 1 aromatic carbocycles. The van der Waals surface area contributed by atoms with Crippen molar-refractivity contribution in [1.82, 2.24) is 15.5 Å². The maximum Gasteiger partial charge on any atom is 0.256 e. The number of amides is 3. The van der Waals surface area contributed by atoms with Crippen LogP contribution in [0.25, 0.3) is 0 Å². The highest BCUT2D eigenvalue weighted by Crippen LogP contribution is 2.56. The van der Waals surface area contributed by atoms with Gasteiger partial charge in [-0.1, -0.05) is 18.2 Å². The summed E-state index contributed by atoms with van der Waals surface area (Å²) in [5, 5.41) is 14.6. The van der Waals surface area contributed by atoms with Crippen molar-refractivity contribution in [3.05, 3.63) is 35.4 Å². The predicted molar refractivity (Wildman–Crippen MR) is 120 cm³/mol. The highest BCUT2D eigenvalue weighted by atomic mass is 32.2. The van der Waals surface area contributed by atoms with Gasteiger partial charge in [0.1, 0.15) is 17.5 Å². The van der Waals surface area contributed by atoms with Crippen molar-refractivity contribution in [2.75, 3.05) is 18.6 Å². The van der Waals surface area contributed by atoms with Crippen LogP contribution >= 0.6 is 23.5 Å². The number of aliphatic hydroxyl groups excluding tert-OH is 1. The van der Waals surface area contributed by atoms with Gasteiger partial charge in [0.05, 0.1) is 6.61 Å². The molecular formula is C21H29N3O4S2. The van der Waals surface area contributed by atoms with Crippen LogP contribution in [-0.2, 0) is 9.59 Å². The van der Waals surface area contributed by atoms with Gasteiger partial charge in [-0.2, -0.15) is 11.8 Å². The number of nitrogens with one attached hydrogen (secondary N) is 2. The Morgan fingerprint density at radius 3 is 2.67 bits per heavy atom. The number of hydrogen-bond acceptors (Lipinski definition) is 6. The molecule has 2 aliphatic heterocycles. The first kappa shape index (κ1) is 23.0. The number of nitrogens with zero attached hydrogens (tertiary/aromatic N) is 1. The zero-order valence-electron chi connectivity index (χ0n) is 17.7. The Morgan fingerprint density at radius 2 is 2.00 bits per heavy atom. The molecule has 1 fully saturated rings. The average molecular weight is 452 g/mol. The van der Waals surface area contributed by atoms with Crippen molar-refractivity contribution < 1.29 is 19.5 Å². The second kappa shape index (κ2) is 9.20. The van der Waals surface area contributed by atoms with Crippen molar-refractivity contribution in [1.29, 1.82) is 0 Å². The lowest BCUT2D eigenvalue weighted by Crippen LogP contribution is -2.57. The summed E-state index contributed by atoms with van der Waals surface area (Å²) in [6, 6.07) is 5.65. The second-order valence-electron chi connectivity index (χ2n) is 8.21. The van der Waals surface area contributed by atoms with E-state index in [4.69, 9.17) is 0 Å². The summed E-state index contributed by atoms with van der Waals surface area (Å²) in [7, 11) is 0. The molecule has 2 heterocycles. The van der Waals surface area contributed by atoms with E-state index in [2.05, 4.69) is 10.6 Å². The zero-order chi connectivity index (χ0) is 22.1. The Bertz CT molecular complexity index is 832. The van der Waals surface area contributed by atoms with Crippen LogP contribution in [0.2, 0.25) is 0 Å². The van der Waals surface area contributed by atoms with Gasteiger partial charge in [0.25, 0.3) is 5.91 Å². The number of rotatable bonds is 8. The predicted octanol–water partition coefficient (Wildman–Crippen LogP) is 1.77. The lowest BCUT2D eigenvalue weighted by Gasteiger charge is -2.31. The van der Waals surface area contributed by atoms with E-state index in [0.29, 0.717) is 17.7 Å². The summed E-state index contributed by atoms with van der Waals surface area (Å²) >= 11 is 3.18. The fraction of sp³-hybridized carbons (Fsp3) is 0.571. The first-order chi connectivity index (χ1) is 14.2. The molecule has 4 atom stereocenters.